The highest BCUT2D eigenvalue weighted by Gasteiger charge is 2.23. The van der Waals surface area contributed by atoms with Gasteiger partial charge in [0.2, 0.25) is 0 Å². The first kappa shape index (κ1) is 12.8. The summed E-state index contributed by atoms with van der Waals surface area (Å²) < 4.78 is 0. The lowest BCUT2D eigenvalue weighted by Gasteiger charge is -2.28. The van der Waals surface area contributed by atoms with Crippen molar-refractivity contribution in [1.29, 1.82) is 0 Å². The van der Waals surface area contributed by atoms with Crippen molar-refractivity contribution in [3.63, 3.8) is 0 Å². The Balaban J connectivity index is 1.76. The maximum absolute atomic E-state index is 10.8. The van der Waals surface area contributed by atoms with Crippen LogP contribution in [0.5, 0.6) is 0 Å². The Kier molecular flexibility index (Phi) is 4.53. The van der Waals surface area contributed by atoms with Crippen molar-refractivity contribution in [2.24, 2.45) is 5.92 Å². The normalized spacial score (nSPS) is 18.2. The van der Waals surface area contributed by atoms with E-state index in [1.54, 1.807) is 0 Å². The van der Waals surface area contributed by atoms with Gasteiger partial charge in [0.15, 0.2) is 0 Å². The van der Waals surface area contributed by atoms with Crippen molar-refractivity contribution in [1.82, 2.24) is 4.90 Å². The molecule has 1 aliphatic heterocycles. The summed E-state index contributed by atoms with van der Waals surface area (Å²) in [6, 6.07) is 10.2. The van der Waals surface area contributed by atoms with Gasteiger partial charge in [0.1, 0.15) is 0 Å². The fourth-order valence-electron chi connectivity index (χ4n) is 2.26. The van der Waals surface area contributed by atoms with E-state index in [4.69, 9.17) is 5.11 Å². The van der Waals surface area contributed by atoms with Crippen molar-refractivity contribution in [2.75, 3.05) is 19.6 Å². The van der Waals surface area contributed by atoms with Gasteiger partial charge in [-0.15, -0.1) is 0 Å². The number of likely N-dealkylation sites (tertiary alicyclic amines) is 1. The molecule has 2 rings (SSSR count). The van der Waals surface area contributed by atoms with Gasteiger partial charge < -0.3 is 5.11 Å². The lowest BCUT2D eigenvalue weighted by Crippen LogP contribution is -2.36. The minimum absolute atomic E-state index is 0.139. The highest BCUT2D eigenvalue weighted by molar-refractivity contribution is 5.70. The van der Waals surface area contributed by atoms with Crippen LogP contribution in [0.25, 0.3) is 6.08 Å². The van der Waals surface area contributed by atoms with Crippen LogP contribution in [0.4, 0.5) is 0 Å². The van der Waals surface area contributed by atoms with Crippen LogP contribution in [0.2, 0.25) is 0 Å². The van der Waals surface area contributed by atoms with Crippen molar-refractivity contribution in [3.8, 4) is 0 Å². The Hall–Kier alpha value is -1.61. The van der Waals surface area contributed by atoms with Gasteiger partial charge >= 0.3 is 5.97 Å². The number of hydrogen-bond acceptors (Lipinski definition) is 2. The van der Waals surface area contributed by atoms with Crippen LogP contribution in [0.3, 0.4) is 0 Å². The Bertz CT molecular complexity index is 406. The molecule has 1 heterocycles. The number of hydrogen-bond donors (Lipinski definition) is 1. The number of aliphatic carboxylic acids is 1. The maximum Gasteiger partial charge on any atom is 0.306 e. The first-order valence-corrected chi connectivity index (χ1v) is 6.42. The summed E-state index contributed by atoms with van der Waals surface area (Å²) in [5.41, 5.74) is 1.21. The van der Waals surface area contributed by atoms with Crippen LogP contribution in [0, 0.1) is 5.92 Å². The van der Waals surface area contributed by atoms with Crippen molar-refractivity contribution in [3.05, 3.63) is 42.0 Å². The summed E-state index contributed by atoms with van der Waals surface area (Å²) in [7, 11) is 0. The number of rotatable bonds is 4. The van der Waals surface area contributed by atoms with Gasteiger partial charge in [-0.3, -0.25) is 9.69 Å². The van der Waals surface area contributed by atoms with Crippen LogP contribution < -0.4 is 0 Å². The maximum atomic E-state index is 10.8. The van der Waals surface area contributed by atoms with E-state index in [2.05, 4.69) is 29.2 Å². The molecule has 1 saturated heterocycles. The van der Waals surface area contributed by atoms with Gasteiger partial charge in [-0.05, 0) is 31.5 Å². The summed E-state index contributed by atoms with van der Waals surface area (Å²) in [5.74, 6) is -0.783. The Morgan fingerprint density at radius 1 is 1.28 bits per heavy atom. The standard InChI is InChI=1S/C15H19NO2/c17-15(18)14-8-11-16(12-9-14)10-4-7-13-5-2-1-3-6-13/h1-7,14H,8-12H2,(H,17,18)/b7-4+. The van der Waals surface area contributed by atoms with E-state index in [0.717, 1.165) is 32.5 Å². The molecule has 3 nitrogen and oxygen atoms in total. The zero-order valence-corrected chi connectivity index (χ0v) is 10.5. The molecule has 0 radical (unpaired) electrons. The van der Waals surface area contributed by atoms with E-state index < -0.39 is 5.97 Å². The fraction of sp³-hybridized carbons (Fsp3) is 0.400. The molecular formula is C15H19NO2. The zero-order valence-electron chi connectivity index (χ0n) is 10.5. The molecule has 18 heavy (non-hydrogen) atoms. The molecule has 1 aromatic rings. The molecule has 0 bridgehead atoms. The van der Waals surface area contributed by atoms with Crippen LogP contribution >= 0.6 is 0 Å². The molecule has 0 aromatic heterocycles. The van der Waals surface area contributed by atoms with Crippen LogP contribution in [-0.4, -0.2) is 35.6 Å². The quantitative estimate of drug-likeness (QED) is 0.886. The topological polar surface area (TPSA) is 40.5 Å². The third kappa shape index (κ3) is 3.70. The summed E-state index contributed by atoms with van der Waals surface area (Å²) in [6.45, 7) is 2.67. The molecule has 0 unspecified atom stereocenters. The van der Waals surface area contributed by atoms with E-state index in [1.165, 1.54) is 5.56 Å². The van der Waals surface area contributed by atoms with Gasteiger partial charge in [0.05, 0.1) is 5.92 Å². The molecule has 96 valence electrons. The second kappa shape index (κ2) is 6.36. The Labute approximate surface area is 108 Å². The van der Waals surface area contributed by atoms with E-state index >= 15 is 0 Å². The molecule has 1 N–H and O–H groups in total. The highest BCUT2D eigenvalue weighted by Crippen LogP contribution is 2.17. The largest absolute Gasteiger partial charge is 0.481 e. The first-order chi connectivity index (χ1) is 8.75. The van der Waals surface area contributed by atoms with Gasteiger partial charge in [0, 0.05) is 6.54 Å². The predicted octanol–water partition coefficient (Wildman–Crippen LogP) is 2.50. The average molecular weight is 245 g/mol. The molecule has 0 saturated carbocycles. The summed E-state index contributed by atoms with van der Waals surface area (Å²) in [4.78, 5) is 13.1. The summed E-state index contributed by atoms with van der Waals surface area (Å²) in [5, 5.41) is 8.92. The Morgan fingerprint density at radius 2 is 1.94 bits per heavy atom. The molecular weight excluding hydrogens is 226 g/mol. The molecule has 3 heteroatoms. The SMILES string of the molecule is O=C(O)C1CCN(C/C=C/c2ccccc2)CC1. The molecule has 0 atom stereocenters. The Morgan fingerprint density at radius 3 is 2.56 bits per heavy atom. The van der Waals surface area contributed by atoms with Crippen molar-refractivity contribution < 1.29 is 9.90 Å². The number of carbonyl (C=O) groups is 1. The molecule has 1 aromatic carbocycles. The highest BCUT2D eigenvalue weighted by atomic mass is 16.4. The molecule has 1 aliphatic rings. The van der Waals surface area contributed by atoms with Crippen LogP contribution in [0.15, 0.2) is 36.4 Å². The number of benzene rings is 1. The number of carboxylic acid groups (broad SMARTS) is 1. The zero-order chi connectivity index (χ0) is 12.8. The number of nitrogens with zero attached hydrogens (tertiary/aromatic N) is 1. The lowest BCUT2D eigenvalue weighted by molar-refractivity contribution is -0.143. The summed E-state index contributed by atoms with van der Waals surface area (Å²) >= 11 is 0. The molecule has 0 aliphatic carbocycles. The lowest BCUT2D eigenvalue weighted by atomic mass is 9.97. The summed E-state index contributed by atoms with van der Waals surface area (Å²) in [6.07, 6.45) is 5.81. The van der Waals surface area contributed by atoms with Gasteiger partial charge in [0.25, 0.3) is 0 Å². The number of carboxylic acids is 1. The van der Waals surface area contributed by atoms with Crippen molar-refractivity contribution in [2.45, 2.75) is 12.8 Å². The smallest absolute Gasteiger partial charge is 0.306 e. The molecule has 0 spiro atoms. The van der Waals surface area contributed by atoms with Crippen LogP contribution in [-0.2, 0) is 4.79 Å². The number of piperidine rings is 1. The second-order valence-corrected chi connectivity index (χ2v) is 4.73. The van der Waals surface area contributed by atoms with Crippen LogP contribution in [0.1, 0.15) is 18.4 Å². The average Bonchev–Trinajstić information content (AvgIpc) is 2.40. The van der Waals surface area contributed by atoms with Gasteiger partial charge in [-0.25, -0.2) is 0 Å². The van der Waals surface area contributed by atoms with Crippen molar-refractivity contribution >= 4 is 12.0 Å². The minimum atomic E-state index is -0.644. The molecule has 0 amide bonds. The van der Waals surface area contributed by atoms with E-state index in [9.17, 15) is 4.79 Å². The second-order valence-electron chi connectivity index (χ2n) is 4.73. The fourth-order valence-corrected chi connectivity index (χ4v) is 2.26. The predicted molar refractivity (Wildman–Crippen MR) is 72.3 cm³/mol. The monoisotopic (exact) mass is 245 g/mol. The minimum Gasteiger partial charge on any atom is -0.481 e. The first-order valence-electron chi connectivity index (χ1n) is 6.42. The third-order valence-corrected chi connectivity index (χ3v) is 3.41. The van der Waals surface area contributed by atoms with Gasteiger partial charge in [-0.2, -0.15) is 0 Å². The van der Waals surface area contributed by atoms with E-state index in [0.29, 0.717) is 0 Å². The van der Waals surface area contributed by atoms with E-state index in [-0.39, 0.29) is 5.92 Å². The van der Waals surface area contributed by atoms with Gasteiger partial charge in [-0.1, -0.05) is 42.5 Å². The third-order valence-electron chi connectivity index (χ3n) is 3.41. The van der Waals surface area contributed by atoms with E-state index in [1.807, 2.05) is 18.2 Å². The molecule has 1 fully saturated rings.